The molecule has 0 aliphatic rings. The van der Waals surface area contributed by atoms with Crippen molar-refractivity contribution in [3.05, 3.63) is 96.1 Å². The van der Waals surface area contributed by atoms with Crippen LogP contribution in [0.3, 0.4) is 0 Å². The molecule has 7 nitrogen and oxygen atoms in total. The van der Waals surface area contributed by atoms with E-state index in [2.05, 4.69) is 17.1 Å². The van der Waals surface area contributed by atoms with Crippen molar-refractivity contribution < 1.29 is 20.5 Å². The number of nitriles is 1. The van der Waals surface area contributed by atoms with Crippen LogP contribution in [0.15, 0.2) is 90.5 Å². The fourth-order valence-electron chi connectivity index (χ4n) is 3.38. The SMILES string of the molecule is CCOC(=O)/C(C#N)=C/c1ccc(-c2nc(-c3ccccc3)c(-c3ccccc3)[nH]2)cc1.O.O. The number of nitrogens with one attached hydrogen (secondary N) is 1. The van der Waals surface area contributed by atoms with Crippen molar-refractivity contribution in [2.45, 2.75) is 6.92 Å². The van der Waals surface area contributed by atoms with Gasteiger partial charge in [-0.3, -0.25) is 0 Å². The minimum absolute atomic E-state index is 0. The largest absolute Gasteiger partial charge is 0.462 e. The first-order valence-electron chi connectivity index (χ1n) is 10.3. The van der Waals surface area contributed by atoms with Gasteiger partial charge in [-0.15, -0.1) is 0 Å². The summed E-state index contributed by atoms with van der Waals surface area (Å²) in [7, 11) is 0. The number of hydrogen-bond acceptors (Lipinski definition) is 4. The molecule has 0 fully saturated rings. The number of imidazole rings is 1. The molecule has 1 heterocycles. The lowest BCUT2D eigenvalue weighted by Gasteiger charge is -2.02. The van der Waals surface area contributed by atoms with Crippen molar-refractivity contribution >= 4 is 12.0 Å². The fraction of sp³-hybridized carbons (Fsp3) is 0.0741. The van der Waals surface area contributed by atoms with Crippen molar-refractivity contribution in [1.82, 2.24) is 9.97 Å². The smallest absolute Gasteiger partial charge is 0.348 e. The van der Waals surface area contributed by atoms with E-state index >= 15 is 0 Å². The Balaban J connectivity index is 0.00000204. The highest BCUT2D eigenvalue weighted by molar-refractivity contribution is 5.97. The van der Waals surface area contributed by atoms with Crippen LogP contribution in [0.5, 0.6) is 0 Å². The lowest BCUT2D eigenvalue weighted by atomic mass is 10.1. The van der Waals surface area contributed by atoms with Crippen LogP contribution in [-0.4, -0.2) is 33.5 Å². The van der Waals surface area contributed by atoms with Crippen molar-refractivity contribution in [2.24, 2.45) is 0 Å². The van der Waals surface area contributed by atoms with Crippen LogP contribution in [0.25, 0.3) is 40.0 Å². The maximum atomic E-state index is 11.8. The van der Waals surface area contributed by atoms with Crippen LogP contribution in [-0.2, 0) is 9.53 Å². The van der Waals surface area contributed by atoms with Crippen molar-refractivity contribution in [1.29, 1.82) is 5.26 Å². The maximum Gasteiger partial charge on any atom is 0.348 e. The van der Waals surface area contributed by atoms with Crippen molar-refractivity contribution in [3.8, 4) is 40.0 Å². The van der Waals surface area contributed by atoms with E-state index in [0.717, 1.165) is 39.5 Å². The molecule has 7 heteroatoms. The van der Waals surface area contributed by atoms with E-state index < -0.39 is 5.97 Å². The van der Waals surface area contributed by atoms with Gasteiger partial charge in [0.15, 0.2) is 0 Å². The number of H-pyrrole nitrogens is 1. The normalized spacial score (nSPS) is 10.4. The second kappa shape index (κ2) is 11.9. The second-order valence-electron chi connectivity index (χ2n) is 7.05. The van der Waals surface area contributed by atoms with Gasteiger partial charge in [-0.1, -0.05) is 84.9 Å². The van der Waals surface area contributed by atoms with Crippen LogP contribution in [0, 0.1) is 11.3 Å². The summed E-state index contributed by atoms with van der Waals surface area (Å²) in [6.07, 6.45) is 1.52. The molecular formula is C27H25N3O4. The highest BCUT2D eigenvalue weighted by Crippen LogP contribution is 2.33. The molecule has 0 bridgehead atoms. The predicted molar refractivity (Wildman–Crippen MR) is 132 cm³/mol. The zero-order valence-electron chi connectivity index (χ0n) is 18.6. The Morgan fingerprint density at radius 3 is 2.06 bits per heavy atom. The van der Waals surface area contributed by atoms with Gasteiger partial charge in [0.1, 0.15) is 17.5 Å². The molecule has 0 unspecified atom stereocenters. The van der Waals surface area contributed by atoms with Crippen molar-refractivity contribution in [2.75, 3.05) is 6.61 Å². The molecule has 0 saturated carbocycles. The van der Waals surface area contributed by atoms with Crippen LogP contribution in [0.2, 0.25) is 0 Å². The van der Waals surface area contributed by atoms with Crippen LogP contribution in [0.4, 0.5) is 0 Å². The summed E-state index contributed by atoms with van der Waals surface area (Å²) in [5.74, 6) is 0.120. The first-order valence-corrected chi connectivity index (χ1v) is 10.3. The number of carbonyl (C=O) groups excluding carboxylic acids is 1. The summed E-state index contributed by atoms with van der Waals surface area (Å²) in [5.41, 5.74) is 5.51. The van der Waals surface area contributed by atoms with Gasteiger partial charge in [0, 0.05) is 16.7 Å². The number of ether oxygens (including phenoxy) is 1. The van der Waals surface area contributed by atoms with E-state index in [1.807, 2.05) is 78.9 Å². The first kappa shape index (κ1) is 25.7. The first-order chi connectivity index (χ1) is 15.7. The summed E-state index contributed by atoms with van der Waals surface area (Å²) >= 11 is 0. The number of benzene rings is 3. The third-order valence-corrected chi connectivity index (χ3v) is 4.92. The molecule has 34 heavy (non-hydrogen) atoms. The van der Waals surface area contributed by atoms with Gasteiger partial charge >= 0.3 is 5.97 Å². The van der Waals surface area contributed by atoms with E-state index in [-0.39, 0.29) is 23.1 Å². The zero-order valence-corrected chi connectivity index (χ0v) is 18.6. The molecule has 0 saturated heterocycles. The summed E-state index contributed by atoms with van der Waals surface area (Å²) in [6, 6.07) is 29.6. The third-order valence-electron chi connectivity index (χ3n) is 4.92. The van der Waals surface area contributed by atoms with Gasteiger partial charge in [0.25, 0.3) is 0 Å². The number of rotatable bonds is 6. The van der Waals surface area contributed by atoms with Crippen molar-refractivity contribution in [3.63, 3.8) is 0 Å². The molecule has 0 atom stereocenters. The third kappa shape index (κ3) is 5.64. The average molecular weight is 456 g/mol. The molecule has 3 aromatic carbocycles. The molecule has 4 aromatic rings. The summed E-state index contributed by atoms with van der Waals surface area (Å²) < 4.78 is 4.92. The Morgan fingerprint density at radius 2 is 1.50 bits per heavy atom. The minimum atomic E-state index is -0.620. The average Bonchev–Trinajstić information content (AvgIpc) is 3.30. The lowest BCUT2D eigenvalue weighted by molar-refractivity contribution is -0.137. The maximum absolute atomic E-state index is 11.8. The number of hydrogen-bond donors (Lipinski definition) is 1. The summed E-state index contributed by atoms with van der Waals surface area (Å²) in [6.45, 7) is 1.93. The lowest BCUT2D eigenvalue weighted by Crippen LogP contribution is -2.05. The van der Waals surface area contributed by atoms with Gasteiger partial charge in [0.05, 0.1) is 18.0 Å². The number of esters is 1. The topological polar surface area (TPSA) is 142 Å². The second-order valence-corrected chi connectivity index (χ2v) is 7.05. The zero-order chi connectivity index (χ0) is 22.3. The molecule has 0 radical (unpaired) electrons. The summed E-state index contributed by atoms with van der Waals surface area (Å²) in [5, 5.41) is 9.23. The Morgan fingerprint density at radius 1 is 0.912 bits per heavy atom. The fourth-order valence-corrected chi connectivity index (χ4v) is 3.38. The number of carbonyl (C=O) groups is 1. The van der Waals surface area contributed by atoms with E-state index in [1.54, 1.807) is 6.92 Å². The molecule has 1 aromatic heterocycles. The Kier molecular flexibility index (Phi) is 9.03. The van der Waals surface area contributed by atoms with Crippen LogP contribution < -0.4 is 0 Å². The van der Waals surface area contributed by atoms with E-state index in [0.29, 0.717) is 0 Å². The number of nitrogens with zero attached hydrogens (tertiary/aromatic N) is 2. The number of aromatic nitrogens is 2. The monoisotopic (exact) mass is 455 g/mol. The Bertz CT molecular complexity index is 1230. The molecule has 0 aliphatic heterocycles. The molecule has 4 rings (SSSR count). The molecule has 0 amide bonds. The van der Waals surface area contributed by atoms with Gasteiger partial charge in [-0.2, -0.15) is 5.26 Å². The Labute approximate surface area is 197 Å². The van der Waals surface area contributed by atoms with E-state index in [1.165, 1.54) is 6.08 Å². The van der Waals surface area contributed by atoms with Gasteiger partial charge in [-0.05, 0) is 18.6 Å². The quantitative estimate of drug-likeness (QED) is 0.264. The number of aromatic amines is 1. The van der Waals surface area contributed by atoms with Gasteiger partial charge in [0.2, 0.25) is 0 Å². The standard InChI is InChI=1S/C27H21N3O2.2H2O/c1-2-32-27(31)23(18-28)17-19-13-15-22(16-14-19)26-29-24(20-9-5-3-6-10-20)25(30-26)21-11-7-4-8-12-21;;/h3-17H,2H2,1H3,(H,29,30);2*1H2/b23-17+;;. The van der Waals surface area contributed by atoms with Gasteiger partial charge < -0.3 is 20.7 Å². The van der Waals surface area contributed by atoms with E-state index in [9.17, 15) is 10.1 Å². The minimum Gasteiger partial charge on any atom is -0.462 e. The van der Waals surface area contributed by atoms with Crippen LogP contribution >= 0.6 is 0 Å². The molecule has 0 spiro atoms. The van der Waals surface area contributed by atoms with Gasteiger partial charge in [-0.25, -0.2) is 9.78 Å². The molecule has 0 aliphatic carbocycles. The Hall–Kier alpha value is -4.51. The molecular weight excluding hydrogens is 430 g/mol. The van der Waals surface area contributed by atoms with E-state index in [4.69, 9.17) is 9.72 Å². The molecule has 5 N–H and O–H groups in total. The summed E-state index contributed by atoms with van der Waals surface area (Å²) in [4.78, 5) is 20.2. The predicted octanol–water partition coefficient (Wildman–Crippen LogP) is 4.23. The van der Waals surface area contributed by atoms with Crippen LogP contribution in [0.1, 0.15) is 12.5 Å². The highest BCUT2D eigenvalue weighted by atomic mass is 16.5. The highest BCUT2D eigenvalue weighted by Gasteiger charge is 2.15. The molecule has 172 valence electrons.